The van der Waals surface area contributed by atoms with Crippen molar-refractivity contribution in [2.75, 3.05) is 0 Å². The Kier molecular flexibility index (Phi) is 7.48. The molecule has 0 unspecified atom stereocenters. The minimum Gasteiger partial charge on any atom is -0.328 e. The topological polar surface area (TPSA) is 0 Å². The van der Waals surface area contributed by atoms with Crippen molar-refractivity contribution in [3.63, 3.8) is 0 Å². The van der Waals surface area contributed by atoms with Crippen LogP contribution in [0.1, 0.15) is 39.5 Å². The standard InChI is InChI=1S/C9H17.Rb/c1-8(2)9-6-4-3-5-7-9;/h3,8-9H,4-7H2,1-2H3;/q-1;+1. The SMILES string of the molecule is CC(C)C1CC[CH-]CC1.[Rb+]. The summed E-state index contributed by atoms with van der Waals surface area (Å²) in [5, 5.41) is 0. The van der Waals surface area contributed by atoms with Crippen LogP contribution in [-0.4, -0.2) is 0 Å². The van der Waals surface area contributed by atoms with Crippen molar-refractivity contribution in [3.05, 3.63) is 6.42 Å². The summed E-state index contributed by atoms with van der Waals surface area (Å²) in [6, 6.07) is 0. The minimum atomic E-state index is 0. The average molecular weight is 211 g/mol. The molecule has 54 valence electrons. The zero-order valence-electron chi connectivity index (χ0n) is 7.56. The summed E-state index contributed by atoms with van der Waals surface area (Å²) < 4.78 is 0. The van der Waals surface area contributed by atoms with E-state index in [1.54, 1.807) is 0 Å². The molecule has 0 aromatic rings. The Morgan fingerprint density at radius 3 is 2.00 bits per heavy atom. The summed E-state index contributed by atoms with van der Waals surface area (Å²) in [6.07, 6.45) is 8.04. The van der Waals surface area contributed by atoms with Crippen molar-refractivity contribution in [2.45, 2.75) is 39.5 Å². The summed E-state index contributed by atoms with van der Waals surface area (Å²) in [7, 11) is 0. The third kappa shape index (κ3) is 3.99. The van der Waals surface area contributed by atoms with Crippen LogP contribution in [0.5, 0.6) is 0 Å². The van der Waals surface area contributed by atoms with Gasteiger partial charge in [-0.3, -0.25) is 0 Å². The van der Waals surface area contributed by atoms with Gasteiger partial charge in [0.2, 0.25) is 0 Å². The van der Waals surface area contributed by atoms with Crippen molar-refractivity contribution in [3.8, 4) is 0 Å². The van der Waals surface area contributed by atoms with Gasteiger partial charge in [0.15, 0.2) is 0 Å². The quantitative estimate of drug-likeness (QED) is 0.537. The van der Waals surface area contributed by atoms with Crippen molar-refractivity contribution in [1.29, 1.82) is 0 Å². The van der Waals surface area contributed by atoms with Gasteiger partial charge in [0.1, 0.15) is 0 Å². The Labute approximate surface area is 114 Å². The summed E-state index contributed by atoms with van der Waals surface area (Å²) >= 11 is 0. The summed E-state index contributed by atoms with van der Waals surface area (Å²) in [4.78, 5) is 0. The van der Waals surface area contributed by atoms with Gasteiger partial charge in [0, 0.05) is 0 Å². The first-order valence-corrected chi connectivity index (χ1v) is 4.12. The van der Waals surface area contributed by atoms with Crippen molar-refractivity contribution in [2.24, 2.45) is 11.8 Å². The van der Waals surface area contributed by atoms with E-state index < -0.39 is 0 Å². The van der Waals surface area contributed by atoms with Gasteiger partial charge in [-0.15, -0.1) is 0 Å². The maximum Gasteiger partial charge on any atom is 1.00 e. The molecule has 0 aromatic heterocycles. The molecule has 0 atom stereocenters. The van der Waals surface area contributed by atoms with Crippen LogP contribution < -0.4 is 58.2 Å². The molecule has 0 aliphatic heterocycles. The molecule has 0 saturated heterocycles. The number of rotatable bonds is 1. The molecule has 1 fully saturated rings. The van der Waals surface area contributed by atoms with Crippen LogP contribution in [0.2, 0.25) is 0 Å². The molecule has 1 aliphatic rings. The van der Waals surface area contributed by atoms with E-state index in [0.29, 0.717) is 0 Å². The maximum atomic E-state index is 2.43. The molecule has 1 aliphatic carbocycles. The van der Waals surface area contributed by atoms with E-state index >= 15 is 0 Å². The molecule has 0 amide bonds. The van der Waals surface area contributed by atoms with Gasteiger partial charge in [-0.25, -0.2) is 0 Å². The van der Waals surface area contributed by atoms with Gasteiger partial charge < -0.3 is 6.42 Å². The molecule has 0 N–H and O–H groups in total. The third-order valence-corrected chi connectivity index (χ3v) is 2.43. The molecule has 0 bridgehead atoms. The number of hydrogen-bond donors (Lipinski definition) is 0. The minimum absolute atomic E-state index is 0. The summed E-state index contributed by atoms with van der Waals surface area (Å²) in [5.74, 6) is 1.94. The summed E-state index contributed by atoms with van der Waals surface area (Å²) in [5.41, 5.74) is 0. The van der Waals surface area contributed by atoms with E-state index in [9.17, 15) is 0 Å². The molecule has 0 radical (unpaired) electrons. The van der Waals surface area contributed by atoms with E-state index in [-0.39, 0.29) is 58.2 Å². The predicted octanol–water partition coefficient (Wildman–Crippen LogP) is 0.0409. The van der Waals surface area contributed by atoms with Crippen LogP contribution in [0.4, 0.5) is 0 Å². The molecular weight excluding hydrogens is 194 g/mol. The largest absolute Gasteiger partial charge is 1.00 e. The van der Waals surface area contributed by atoms with Crippen molar-refractivity contribution in [1.82, 2.24) is 0 Å². The fraction of sp³-hybridized carbons (Fsp3) is 0.889. The molecule has 0 aromatic carbocycles. The summed E-state index contributed by atoms with van der Waals surface area (Å²) in [6.45, 7) is 4.69. The van der Waals surface area contributed by atoms with Gasteiger partial charge >= 0.3 is 58.2 Å². The molecular formula is C9H17Rb. The fourth-order valence-electron chi connectivity index (χ4n) is 1.62. The van der Waals surface area contributed by atoms with Gasteiger partial charge in [-0.2, -0.15) is 12.8 Å². The zero-order valence-corrected chi connectivity index (χ0v) is 12.5. The van der Waals surface area contributed by atoms with Gasteiger partial charge in [-0.05, 0) is 11.8 Å². The Hall–Kier alpha value is 1.81. The Morgan fingerprint density at radius 2 is 1.70 bits per heavy atom. The van der Waals surface area contributed by atoms with E-state index in [4.69, 9.17) is 0 Å². The van der Waals surface area contributed by atoms with E-state index in [2.05, 4.69) is 20.3 Å². The van der Waals surface area contributed by atoms with Crippen LogP contribution >= 0.6 is 0 Å². The van der Waals surface area contributed by atoms with Crippen LogP contribution in [0.25, 0.3) is 0 Å². The maximum absolute atomic E-state index is 2.43. The number of hydrogen-bond acceptors (Lipinski definition) is 0. The second-order valence-corrected chi connectivity index (χ2v) is 3.45. The fourth-order valence-corrected chi connectivity index (χ4v) is 1.62. The molecule has 10 heavy (non-hydrogen) atoms. The first-order valence-electron chi connectivity index (χ1n) is 4.12. The first-order chi connectivity index (χ1) is 4.30. The molecule has 0 nitrogen and oxygen atoms in total. The van der Waals surface area contributed by atoms with Crippen molar-refractivity contribution < 1.29 is 58.2 Å². The van der Waals surface area contributed by atoms with Crippen LogP contribution in [0, 0.1) is 18.3 Å². The van der Waals surface area contributed by atoms with Crippen molar-refractivity contribution >= 4 is 0 Å². The first kappa shape index (κ1) is 11.8. The normalized spacial score (nSPS) is 20.7. The molecule has 0 heterocycles. The predicted molar refractivity (Wildman–Crippen MR) is 41.1 cm³/mol. The zero-order chi connectivity index (χ0) is 6.69. The Morgan fingerprint density at radius 1 is 1.20 bits per heavy atom. The molecule has 1 saturated carbocycles. The van der Waals surface area contributed by atoms with E-state index in [0.717, 1.165) is 11.8 Å². The van der Waals surface area contributed by atoms with Gasteiger partial charge in [0.05, 0.1) is 0 Å². The van der Waals surface area contributed by atoms with E-state index in [1.165, 1.54) is 25.7 Å². The third-order valence-electron chi connectivity index (χ3n) is 2.43. The molecule has 1 rings (SSSR count). The monoisotopic (exact) mass is 210 g/mol. The van der Waals surface area contributed by atoms with Crippen LogP contribution in [0.15, 0.2) is 0 Å². The second kappa shape index (κ2) is 6.34. The van der Waals surface area contributed by atoms with E-state index in [1.807, 2.05) is 0 Å². The smallest absolute Gasteiger partial charge is 0.328 e. The van der Waals surface area contributed by atoms with Gasteiger partial charge in [0.25, 0.3) is 0 Å². The Bertz CT molecular complexity index is 72.8. The molecule has 0 spiro atoms. The molecule has 1 heteroatoms. The second-order valence-electron chi connectivity index (χ2n) is 3.45. The average Bonchev–Trinajstić information content (AvgIpc) is 1.90. The van der Waals surface area contributed by atoms with Crippen LogP contribution in [-0.2, 0) is 0 Å². The van der Waals surface area contributed by atoms with Crippen LogP contribution in [0.3, 0.4) is 0 Å². The Balaban J connectivity index is 0.000000810. The van der Waals surface area contributed by atoms with Gasteiger partial charge in [-0.1, -0.05) is 26.7 Å².